The van der Waals surface area contributed by atoms with Gasteiger partial charge in [0.05, 0.1) is 11.1 Å². The fraction of sp³-hybridized carbons (Fsp3) is 0.600. The first-order valence-electron chi connectivity index (χ1n) is 8.65. The number of carbonyl (C=O) groups excluding carboxylic acids is 1. The smallest absolute Gasteiger partial charge is 0.339 e. The first-order valence-corrected chi connectivity index (χ1v) is 8.65. The van der Waals surface area contributed by atoms with E-state index in [4.69, 9.17) is 4.74 Å². The molecule has 4 nitrogen and oxygen atoms in total. The van der Waals surface area contributed by atoms with E-state index in [1.807, 2.05) is 27.7 Å². The Morgan fingerprint density at radius 1 is 1.17 bits per heavy atom. The molecule has 0 aliphatic rings. The van der Waals surface area contributed by atoms with E-state index in [-0.39, 0.29) is 22.6 Å². The average molecular weight is 334 g/mol. The summed E-state index contributed by atoms with van der Waals surface area (Å²) >= 11 is 0. The molecule has 1 rings (SSSR count). The van der Waals surface area contributed by atoms with Crippen LogP contribution in [-0.4, -0.2) is 23.1 Å². The molecule has 0 aliphatic heterocycles. The van der Waals surface area contributed by atoms with Crippen molar-refractivity contribution < 1.29 is 19.4 Å². The Morgan fingerprint density at radius 3 is 2.25 bits per heavy atom. The number of hydrogen-bond donors (Lipinski definition) is 1. The molecule has 0 bridgehead atoms. The molecule has 1 aromatic rings. The van der Waals surface area contributed by atoms with E-state index >= 15 is 0 Å². The molecule has 0 fully saturated rings. The molecule has 0 heterocycles. The largest absolute Gasteiger partial charge is 0.478 e. The van der Waals surface area contributed by atoms with Gasteiger partial charge in [-0.25, -0.2) is 9.59 Å². The molecule has 0 spiro atoms. The lowest BCUT2D eigenvalue weighted by Crippen LogP contribution is -2.23. The van der Waals surface area contributed by atoms with Crippen molar-refractivity contribution in [3.05, 3.63) is 34.9 Å². The van der Waals surface area contributed by atoms with Crippen LogP contribution in [0.3, 0.4) is 0 Å². The zero-order valence-electron chi connectivity index (χ0n) is 15.7. The van der Waals surface area contributed by atoms with E-state index in [2.05, 4.69) is 13.8 Å². The summed E-state index contributed by atoms with van der Waals surface area (Å²) in [6.07, 6.45) is 2.31. The average Bonchev–Trinajstić information content (AvgIpc) is 2.49. The minimum atomic E-state index is -1.09. The van der Waals surface area contributed by atoms with Gasteiger partial charge in [-0.15, -0.1) is 0 Å². The van der Waals surface area contributed by atoms with Gasteiger partial charge in [0, 0.05) is 0 Å². The zero-order valence-corrected chi connectivity index (χ0v) is 15.7. The van der Waals surface area contributed by atoms with Crippen LogP contribution in [0.25, 0.3) is 0 Å². The van der Waals surface area contributed by atoms with E-state index in [0.717, 1.165) is 19.3 Å². The van der Waals surface area contributed by atoms with E-state index in [9.17, 15) is 14.7 Å². The van der Waals surface area contributed by atoms with Gasteiger partial charge in [-0.2, -0.15) is 0 Å². The van der Waals surface area contributed by atoms with Crippen LogP contribution in [0.4, 0.5) is 0 Å². The number of carboxylic acid groups (broad SMARTS) is 1. The van der Waals surface area contributed by atoms with Crippen molar-refractivity contribution in [1.82, 2.24) is 0 Å². The molecule has 0 radical (unpaired) electrons. The second-order valence-electron chi connectivity index (χ2n) is 7.69. The highest BCUT2D eigenvalue weighted by atomic mass is 16.5. The van der Waals surface area contributed by atoms with Gasteiger partial charge in [0.25, 0.3) is 0 Å². The zero-order chi connectivity index (χ0) is 18.5. The summed E-state index contributed by atoms with van der Waals surface area (Å²) in [7, 11) is 0. The molecule has 4 heteroatoms. The molecule has 0 aromatic heterocycles. The van der Waals surface area contributed by atoms with Gasteiger partial charge in [-0.3, -0.25) is 0 Å². The van der Waals surface area contributed by atoms with Gasteiger partial charge in [0.2, 0.25) is 0 Å². The molecule has 0 saturated carbocycles. The Morgan fingerprint density at radius 2 is 1.79 bits per heavy atom. The quantitative estimate of drug-likeness (QED) is 0.708. The second-order valence-corrected chi connectivity index (χ2v) is 7.69. The molecule has 1 unspecified atom stereocenters. The highest BCUT2D eigenvalue weighted by Crippen LogP contribution is 2.29. The Kier molecular flexibility index (Phi) is 7.00. The first-order chi connectivity index (χ1) is 11.1. The van der Waals surface area contributed by atoms with E-state index in [0.29, 0.717) is 11.5 Å². The van der Waals surface area contributed by atoms with E-state index < -0.39 is 11.9 Å². The number of benzene rings is 1. The van der Waals surface area contributed by atoms with Crippen molar-refractivity contribution in [2.24, 2.45) is 5.92 Å². The molecular formula is C20H30O4. The fourth-order valence-electron chi connectivity index (χ4n) is 2.66. The van der Waals surface area contributed by atoms with E-state index in [1.165, 1.54) is 6.07 Å². The van der Waals surface area contributed by atoms with Crippen LogP contribution >= 0.6 is 0 Å². The van der Waals surface area contributed by atoms with Crippen LogP contribution in [0.5, 0.6) is 0 Å². The number of carboxylic acids is 1. The summed E-state index contributed by atoms with van der Waals surface area (Å²) in [5.74, 6) is -1.10. The summed E-state index contributed by atoms with van der Waals surface area (Å²) in [6, 6.07) is 5.02. The minimum absolute atomic E-state index is 0.0497. The van der Waals surface area contributed by atoms with Gasteiger partial charge < -0.3 is 9.84 Å². The summed E-state index contributed by atoms with van der Waals surface area (Å²) in [5.41, 5.74) is 0.456. The number of ether oxygens (including phenoxy) is 1. The lowest BCUT2D eigenvalue weighted by Gasteiger charge is -2.23. The summed E-state index contributed by atoms with van der Waals surface area (Å²) in [4.78, 5) is 24.3. The van der Waals surface area contributed by atoms with Crippen LogP contribution in [0.2, 0.25) is 0 Å². The van der Waals surface area contributed by atoms with Crippen LogP contribution in [0.1, 0.15) is 87.1 Å². The molecule has 0 aliphatic carbocycles. The predicted molar refractivity (Wildman–Crippen MR) is 95.7 cm³/mol. The maximum atomic E-state index is 12.6. The third kappa shape index (κ3) is 5.36. The molecule has 24 heavy (non-hydrogen) atoms. The Labute approximate surface area is 145 Å². The van der Waals surface area contributed by atoms with Crippen molar-refractivity contribution in [2.45, 2.75) is 72.3 Å². The van der Waals surface area contributed by atoms with Crippen molar-refractivity contribution in [2.75, 3.05) is 0 Å². The highest BCUT2D eigenvalue weighted by molar-refractivity contribution is 6.03. The van der Waals surface area contributed by atoms with Crippen molar-refractivity contribution >= 4 is 11.9 Å². The summed E-state index contributed by atoms with van der Waals surface area (Å²) in [5, 5.41) is 9.62. The van der Waals surface area contributed by atoms with Gasteiger partial charge in [0.15, 0.2) is 0 Å². The van der Waals surface area contributed by atoms with Gasteiger partial charge in [0.1, 0.15) is 6.10 Å². The number of esters is 1. The molecule has 1 atom stereocenters. The first kappa shape index (κ1) is 20.2. The normalized spacial score (nSPS) is 13.0. The molecule has 1 aromatic carbocycles. The van der Waals surface area contributed by atoms with Crippen molar-refractivity contribution in [3.63, 3.8) is 0 Å². The molecular weight excluding hydrogens is 304 g/mol. The van der Waals surface area contributed by atoms with Gasteiger partial charge in [-0.1, -0.05) is 53.7 Å². The monoisotopic (exact) mass is 334 g/mol. The lowest BCUT2D eigenvalue weighted by molar-refractivity contribution is 0.0255. The Bertz CT molecular complexity index is 582. The molecule has 0 saturated heterocycles. The SMILES string of the molecule is CCC(CCC(C)C)OC(=O)c1cccc(C(C)(C)C)c1C(=O)O. The summed E-state index contributed by atoms with van der Waals surface area (Å²) in [6.45, 7) is 12.0. The summed E-state index contributed by atoms with van der Waals surface area (Å²) < 4.78 is 5.59. The van der Waals surface area contributed by atoms with Crippen LogP contribution in [0.15, 0.2) is 18.2 Å². The Hall–Kier alpha value is -1.84. The second kappa shape index (κ2) is 8.32. The third-order valence-corrected chi connectivity index (χ3v) is 4.10. The van der Waals surface area contributed by atoms with E-state index in [1.54, 1.807) is 12.1 Å². The molecule has 0 amide bonds. The third-order valence-electron chi connectivity index (χ3n) is 4.10. The molecule has 1 N–H and O–H groups in total. The van der Waals surface area contributed by atoms with Crippen LogP contribution in [-0.2, 0) is 10.2 Å². The topological polar surface area (TPSA) is 63.6 Å². The Balaban J connectivity index is 3.12. The van der Waals surface area contributed by atoms with Gasteiger partial charge in [-0.05, 0) is 42.2 Å². The predicted octanol–water partition coefficient (Wildman–Crippen LogP) is 5.05. The van der Waals surface area contributed by atoms with Gasteiger partial charge >= 0.3 is 11.9 Å². The minimum Gasteiger partial charge on any atom is -0.478 e. The number of aromatic carboxylic acids is 1. The maximum absolute atomic E-state index is 12.6. The van der Waals surface area contributed by atoms with Crippen molar-refractivity contribution in [1.29, 1.82) is 0 Å². The standard InChI is InChI=1S/C20H30O4/c1-7-14(12-11-13(2)3)24-19(23)15-9-8-10-16(20(4,5)6)17(15)18(21)22/h8-10,13-14H,7,11-12H2,1-6H3,(H,21,22). The number of rotatable bonds is 7. The number of hydrogen-bond acceptors (Lipinski definition) is 3. The lowest BCUT2D eigenvalue weighted by atomic mass is 9.82. The number of carbonyl (C=O) groups is 2. The van der Waals surface area contributed by atoms with Crippen molar-refractivity contribution in [3.8, 4) is 0 Å². The molecule has 134 valence electrons. The van der Waals surface area contributed by atoms with Crippen LogP contribution in [0, 0.1) is 5.92 Å². The fourth-order valence-corrected chi connectivity index (χ4v) is 2.66. The highest BCUT2D eigenvalue weighted by Gasteiger charge is 2.28. The maximum Gasteiger partial charge on any atom is 0.339 e. The van der Waals surface area contributed by atoms with Crippen LogP contribution < -0.4 is 0 Å².